The van der Waals surface area contributed by atoms with Crippen molar-refractivity contribution in [1.29, 1.82) is 0 Å². The van der Waals surface area contributed by atoms with Gasteiger partial charge >= 0.3 is 0 Å². The first-order chi connectivity index (χ1) is 10.1. The first-order valence-electron chi connectivity index (χ1n) is 8.16. The monoisotopic (exact) mass is 290 g/mol. The van der Waals surface area contributed by atoms with Crippen molar-refractivity contribution in [1.82, 2.24) is 10.2 Å². The lowest BCUT2D eigenvalue weighted by Gasteiger charge is -2.44. The minimum Gasteiger partial charge on any atom is -0.496 e. The molecule has 1 aliphatic rings. The van der Waals surface area contributed by atoms with Crippen LogP contribution in [-0.2, 0) is 6.42 Å². The number of nitrogens with one attached hydrogen (secondary N) is 1. The van der Waals surface area contributed by atoms with E-state index in [1.165, 1.54) is 31.2 Å². The first-order valence-corrected chi connectivity index (χ1v) is 8.16. The SMILES string of the molecule is CCNC(Cc1ccccc1OC)C1(N(C)C)CCCC1. The van der Waals surface area contributed by atoms with Crippen LogP contribution in [0.25, 0.3) is 0 Å². The Morgan fingerprint density at radius 3 is 2.48 bits per heavy atom. The third-order valence-electron chi connectivity index (χ3n) is 5.08. The Labute approximate surface area is 129 Å². The van der Waals surface area contributed by atoms with Crippen LogP contribution >= 0.6 is 0 Å². The molecule has 118 valence electrons. The predicted octanol–water partition coefficient (Wildman–Crippen LogP) is 3.09. The van der Waals surface area contributed by atoms with Crippen LogP contribution in [0.2, 0.25) is 0 Å². The topological polar surface area (TPSA) is 24.5 Å². The second-order valence-corrected chi connectivity index (χ2v) is 6.33. The number of hydrogen-bond acceptors (Lipinski definition) is 3. The van der Waals surface area contributed by atoms with E-state index in [0.29, 0.717) is 6.04 Å². The molecule has 0 bridgehead atoms. The smallest absolute Gasteiger partial charge is 0.122 e. The maximum absolute atomic E-state index is 5.54. The van der Waals surface area contributed by atoms with Gasteiger partial charge in [0.05, 0.1) is 7.11 Å². The normalized spacial score (nSPS) is 18.9. The van der Waals surface area contributed by atoms with Crippen LogP contribution in [-0.4, -0.2) is 44.2 Å². The molecule has 0 spiro atoms. The second kappa shape index (κ2) is 7.28. The summed E-state index contributed by atoms with van der Waals surface area (Å²) in [5, 5.41) is 3.75. The molecule has 0 aromatic heterocycles. The van der Waals surface area contributed by atoms with Crippen molar-refractivity contribution in [3.63, 3.8) is 0 Å². The summed E-state index contributed by atoms with van der Waals surface area (Å²) in [5.41, 5.74) is 1.58. The summed E-state index contributed by atoms with van der Waals surface area (Å²) in [6.45, 7) is 3.21. The van der Waals surface area contributed by atoms with Crippen molar-refractivity contribution in [3.05, 3.63) is 29.8 Å². The van der Waals surface area contributed by atoms with Gasteiger partial charge in [0.2, 0.25) is 0 Å². The molecule has 1 saturated carbocycles. The number of rotatable bonds is 7. The molecule has 21 heavy (non-hydrogen) atoms. The molecule has 1 atom stereocenters. The van der Waals surface area contributed by atoms with Crippen LogP contribution < -0.4 is 10.1 Å². The van der Waals surface area contributed by atoms with E-state index in [9.17, 15) is 0 Å². The molecule has 0 amide bonds. The van der Waals surface area contributed by atoms with Crippen LogP contribution in [0, 0.1) is 0 Å². The van der Waals surface area contributed by atoms with Crippen molar-refractivity contribution >= 4 is 0 Å². The van der Waals surface area contributed by atoms with Gasteiger partial charge in [0.25, 0.3) is 0 Å². The van der Waals surface area contributed by atoms with E-state index < -0.39 is 0 Å². The summed E-state index contributed by atoms with van der Waals surface area (Å²) < 4.78 is 5.54. The molecule has 3 nitrogen and oxygen atoms in total. The molecule has 1 N–H and O–H groups in total. The molecule has 0 aliphatic heterocycles. The zero-order valence-electron chi connectivity index (χ0n) is 14.0. The molecular weight excluding hydrogens is 260 g/mol. The maximum Gasteiger partial charge on any atom is 0.122 e. The van der Waals surface area contributed by atoms with E-state index in [1.54, 1.807) is 7.11 Å². The van der Waals surface area contributed by atoms with Crippen LogP contribution in [0.3, 0.4) is 0 Å². The quantitative estimate of drug-likeness (QED) is 0.835. The summed E-state index contributed by atoms with van der Waals surface area (Å²) in [4.78, 5) is 2.45. The van der Waals surface area contributed by atoms with E-state index in [-0.39, 0.29) is 5.54 Å². The van der Waals surface area contributed by atoms with Gasteiger partial charge in [-0.05, 0) is 51.5 Å². The molecule has 2 rings (SSSR count). The molecule has 0 radical (unpaired) electrons. The summed E-state index contributed by atoms with van der Waals surface area (Å²) in [6.07, 6.45) is 6.27. The van der Waals surface area contributed by atoms with Crippen molar-refractivity contribution < 1.29 is 4.74 Å². The highest BCUT2D eigenvalue weighted by Crippen LogP contribution is 2.38. The van der Waals surface area contributed by atoms with Gasteiger partial charge in [-0.15, -0.1) is 0 Å². The highest BCUT2D eigenvalue weighted by molar-refractivity contribution is 5.34. The number of ether oxygens (including phenoxy) is 1. The number of methoxy groups -OCH3 is 1. The standard InChI is InChI=1S/C18H30N2O/c1-5-19-17(18(20(2)3)12-8-9-13-18)14-15-10-6-7-11-16(15)21-4/h6-7,10-11,17,19H,5,8-9,12-14H2,1-4H3. The van der Waals surface area contributed by atoms with Crippen LogP contribution in [0.15, 0.2) is 24.3 Å². The second-order valence-electron chi connectivity index (χ2n) is 6.33. The molecule has 1 aromatic rings. The van der Waals surface area contributed by atoms with Gasteiger partial charge in [0.15, 0.2) is 0 Å². The Bertz CT molecular complexity index is 439. The minimum absolute atomic E-state index is 0.275. The summed E-state index contributed by atoms with van der Waals surface area (Å²) in [5.74, 6) is 1.01. The van der Waals surface area contributed by atoms with Crippen LogP contribution in [0.4, 0.5) is 0 Å². The van der Waals surface area contributed by atoms with Gasteiger partial charge < -0.3 is 15.0 Å². The minimum atomic E-state index is 0.275. The van der Waals surface area contributed by atoms with E-state index in [0.717, 1.165) is 18.7 Å². The Morgan fingerprint density at radius 2 is 1.90 bits per heavy atom. The lowest BCUT2D eigenvalue weighted by Crippen LogP contribution is -2.58. The van der Waals surface area contributed by atoms with Crippen molar-refractivity contribution in [2.75, 3.05) is 27.7 Å². The highest BCUT2D eigenvalue weighted by atomic mass is 16.5. The van der Waals surface area contributed by atoms with Gasteiger partial charge in [0.1, 0.15) is 5.75 Å². The van der Waals surface area contributed by atoms with Crippen molar-refractivity contribution in [3.8, 4) is 5.75 Å². The number of para-hydroxylation sites is 1. The molecule has 0 heterocycles. The molecule has 0 saturated heterocycles. The zero-order valence-corrected chi connectivity index (χ0v) is 14.0. The zero-order chi connectivity index (χ0) is 15.3. The van der Waals surface area contributed by atoms with Gasteiger partial charge in [-0.2, -0.15) is 0 Å². The van der Waals surface area contributed by atoms with Gasteiger partial charge in [-0.3, -0.25) is 0 Å². The van der Waals surface area contributed by atoms with Gasteiger partial charge in [-0.1, -0.05) is 38.0 Å². The Balaban J connectivity index is 2.26. The third-order valence-corrected chi connectivity index (χ3v) is 5.08. The first kappa shape index (κ1) is 16.3. The Morgan fingerprint density at radius 1 is 1.24 bits per heavy atom. The summed E-state index contributed by atoms with van der Waals surface area (Å²) in [6, 6.07) is 8.88. The molecule has 1 aliphatic carbocycles. The number of benzene rings is 1. The third kappa shape index (κ3) is 3.41. The van der Waals surface area contributed by atoms with Gasteiger partial charge in [0, 0.05) is 11.6 Å². The highest BCUT2D eigenvalue weighted by Gasteiger charge is 2.42. The lowest BCUT2D eigenvalue weighted by atomic mass is 9.83. The van der Waals surface area contributed by atoms with Crippen LogP contribution in [0.5, 0.6) is 5.75 Å². The average Bonchev–Trinajstić information content (AvgIpc) is 2.98. The Hall–Kier alpha value is -1.06. The Kier molecular flexibility index (Phi) is 5.65. The average molecular weight is 290 g/mol. The fourth-order valence-corrected chi connectivity index (χ4v) is 3.88. The van der Waals surface area contributed by atoms with E-state index in [4.69, 9.17) is 4.74 Å². The van der Waals surface area contributed by atoms with Crippen LogP contribution in [0.1, 0.15) is 38.2 Å². The van der Waals surface area contributed by atoms with Crippen molar-refractivity contribution in [2.24, 2.45) is 0 Å². The van der Waals surface area contributed by atoms with E-state index in [2.05, 4.69) is 49.4 Å². The van der Waals surface area contributed by atoms with E-state index in [1.807, 2.05) is 6.07 Å². The fraction of sp³-hybridized carbons (Fsp3) is 0.667. The maximum atomic E-state index is 5.54. The summed E-state index contributed by atoms with van der Waals surface area (Å²) >= 11 is 0. The number of nitrogens with zero attached hydrogens (tertiary/aromatic N) is 1. The molecule has 1 aromatic carbocycles. The number of hydrogen-bond donors (Lipinski definition) is 1. The van der Waals surface area contributed by atoms with Gasteiger partial charge in [-0.25, -0.2) is 0 Å². The molecule has 3 heteroatoms. The molecular formula is C18H30N2O. The predicted molar refractivity (Wildman–Crippen MR) is 89.0 cm³/mol. The number of likely N-dealkylation sites (N-methyl/N-ethyl adjacent to an activating group) is 2. The summed E-state index contributed by atoms with van der Waals surface area (Å²) in [7, 11) is 6.23. The van der Waals surface area contributed by atoms with E-state index >= 15 is 0 Å². The molecule has 1 unspecified atom stereocenters. The largest absolute Gasteiger partial charge is 0.496 e. The molecule has 1 fully saturated rings. The van der Waals surface area contributed by atoms with Crippen molar-refractivity contribution in [2.45, 2.75) is 50.6 Å². The fourth-order valence-electron chi connectivity index (χ4n) is 3.88. The lowest BCUT2D eigenvalue weighted by molar-refractivity contribution is 0.105.